The van der Waals surface area contributed by atoms with Gasteiger partial charge in [0.15, 0.2) is 5.82 Å². The summed E-state index contributed by atoms with van der Waals surface area (Å²) in [7, 11) is 0. The maximum Gasteiger partial charge on any atom is 0.158 e. The van der Waals surface area contributed by atoms with Crippen LogP contribution in [0.3, 0.4) is 0 Å². The number of anilines is 1. The quantitative estimate of drug-likeness (QED) is 0.813. The molecule has 18 heavy (non-hydrogen) atoms. The van der Waals surface area contributed by atoms with Gasteiger partial charge >= 0.3 is 0 Å². The summed E-state index contributed by atoms with van der Waals surface area (Å²) in [6.07, 6.45) is 0.225. The molecule has 6 heteroatoms. The predicted molar refractivity (Wildman–Crippen MR) is 72.6 cm³/mol. The molecule has 0 spiro atoms. The van der Waals surface area contributed by atoms with Crippen molar-refractivity contribution in [3.8, 4) is 0 Å². The number of rotatable bonds is 6. The number of nitrogen functional groups attached to an aromatic ring is 1. The van der Waals surface area contributed by atoms with Crippen molar-refractivity contribution in [2.45, 2.75) is 26.6 Å². The summed E-state index contributed by atoms with van der Waals surface area (Å²) in [4.78, 5) is 9.51. The van der Waals surface area contributed by atoms with Gasteiger partial charge in [0.1, 0.15) is 17.3 Å². The number of nitrogens with two attached hydrogens (primary N) is 1. The van der Waals surface area contributed by atoms with Gasteiger partial charge in [-0.05, 0) is 25.3 Å². The highest BCUT2D eigenvalue weighted by atomic mass is 32.1. The molecule has 0 saturated heterocycles. The lowest BCUT2D eigenvalue weighted by Gasteiger charge is -2.07. The summed E-state index contributed by atoms with van der Waals surface area (Å²) in [5.41, 5.74) is 5.85. The highest BCUT2D eigenvalue weighted by Gasteiger charge is 2.06. The Morgan fingerprint density at radius 1 is 1.33 bits per heavy atom. The van der Waals surface area contributed by atoms with Gasteiger partial charge in [0.2, 0.25) is 0 Å². The zero-order chi connectivity index (χ0) is 13.0. The van der Waals surface area contributed by atoms with E-state index in [2.05, 4.69) is 9.97 Å². The molecule has 0 bridgehead atoms. The topological polar surface area (TPSA) is 70.3 Å². The molecule has 2 aromatic heterocycles. The van der Waals surface area contributed by atoms with Gasteiger partial charge in [-0.25, -0.2) is 9.97 Å². The number of ether oxygens (including phenoxy) is 2. The molecule has 0 unspecified atom stereocenters. The number of hydrogen-bond donors (Lipinski definition) is 1. The smallest absolute Gasteiger partial charge is 0.158 e. The van der Waals surface area contributed by atoms with Crippen LogP contribution in [0.1, 0.15) is 19.7 Å². The third-order valence-electron chi connectivity index (χ3n) is 2.31. The number of nitrogens with zero attached hydrogens (tertiary/aromatic N) is 2. The predicted octanol–water partition coefficient (Wildman–Crippen LogP) is 2.22. The number of fused-ring (bicyclic) bond motifs is 1. The Kier molecular flexibility index (Phi) is 4.46. The standard InChI is InChI=1S/C12H17N3O2S/c1-8(2)17-5-4-16-7-10-14-11(13)9-3-6-18-12(9)15-10/h3,6,8H,4-5,7H2,1-2H3,(H2,13,14,15). The minimum atomic E-state index is 0.225. The summed E-state index contributed by atoms with van der Waals surface area (Å²) in [6, 6.07) is 1.93. The summed E-state index contributed by atoms with van der Waals surface area (Å²) in [5.74, 6) is 1.13. The van der Waals surface area contributed by atoms with E-state index in [0.29, 0.717) is 31.5 Å². The Morgan fingerprint density at radius 3 is 2.94 bits per heavy atom. The molecule has 0 amide bonds. The van der Waals surface area contributed by atoms with E-state index in [9.17, 15) is 0 Å². The second-order valence-electron chi connectivity index (χ2n) is 4.14. The Hall–Kier alpha value is -1.24. The van der Waals surface area contributed by atoms with Crippen LogP contribution >= 0.6 is 11.3 Å². The van der Waals surface area contributed by atoms with Crippen LogP contribution in [0.25, 0.3) is 10.2 Å². The molecule has 0 aliphatic rings. The fourth-order valence-electron chi connectivity index (χ4n) is 1.50. The van der Waals surface area contributed by atoms with Crippen molar-refractivity contribution < 1.29 is 9.47 Å². The maximum absolute atomic E-state index is 5.85. The molecule has 2 rings (SSSR count). The van der Waals surface area contributed by atoms with Gasteiger partial charge in [0.25, 0.3) is 0 Å². The Balaban J connectivity index is 1.88. The molecule has 0 fully saturated rings. The third kappa shape index (κ3) is 3.38. The molecule has 0 aliphatic carbocycles. The van der Waals surface area contributed by atoms with Gasteiger partial charge in [-0.3, -0.25) is 0 Å². The van der Waals surface area contributed by atoms with E-state index in [4.69, 9.17) is 15.2 Å². The first kappa shape index (κ1) is 13.2. The van der Waals surface area contributed by atoms with Crippen molar-refractivity contribution in [3.63, 3.8) is 0 Å². The molecule has 5 nitrogen and oxygen atoms in total. The van der Waals surface area contributed by atoms with E-state index in [0.717, 1.165) is 10.2 Å². The van der Waals surface area contributed by atoms with E-state index in [1.807, 2.05) is 25.3 Å². The van der Waals surface area contributed by atoms with Crippen molar-refractivity contribution in [2.24, 2.45) is 0 Å². The minimum absolute atomic E-state index is 0.225. The molecule has 2 heterocycles. The van der Waals surface area contributed by atoms with Gasteiger partial charge in [-0.1, -0.05) is 0 Å². The van der Waals surface area contributed by atoms with Gasteiger partial charge in [-0.2, -0.15) is 0 Å². The monoisotopic (exact) mass is 267 g/mol. The highest BCUT2D eigenvalue weighted by Crippen LogP contribution is 2.22. The molecule has 0 saturated carbocycles. The van der Waals surface area contributed by atoms with Crippen molar-refractivity contribution >= 4 is 27.4 Å². The average Bonchev–Trinajstić information content (AvgIpc) is 2.77. The second-order valence-corrected chi connectivity index (χ2v) is 5.03. The van der Waals surface area contributed by atoms with Crippen LogP contribution in [0.2, 0.25) is 0 Å². The first-order valence-corrected chi connectivity index (χ1v) is 6.73. The summed E-state index contributed by atoms with van der Waals surface area (Å²) >= 11 is 1.55. The van der Waals surface area contributed by atoms with Crippen LogP contribution in [0, 0.1) is 0 Å². The highest BCUT2D eigenvalue weighted by molar-refractivity contribution is 7.16. The molecule has 0 radical (unpaired) electrons. The lowest BCUT2D eigenvalue weighted by molar-refractivity contribution is 0.0128. The van der Waals surface area contributed by atoms with E-state index in [1.54, 1.807) is 11.3 Å². The largest absolute Gasteiger partial charge is 0.383 e. The lowest BCUT2D eigenvalue weighted by Crippen LogP contribution is -2.10. The van der Waals surface area contributed by atoms with Crippen LogP contribution in [0.4, 0.5) is 5.82 Å². The Morgan fingerprint density at radius 2 is 2.17 bits per heavy atom. The fraction of sp³-hybridized carbons (Fsp3) is 0.500. The number of thiophene rings is 1. The SMILES string of the molecule is CC(C)OCCOCc1nc(N)c2ccsc2n1. The maximum atomic E-state index is 5.85. The van der Waals surface area contributed by atoms with Crippen LogP contribution in [-0.4, -0.2) is 29.3 Å². The van der Waals surface area contributed by atoms with Gasteiger partial charge < -0.3 is 15.2 Å². The van der Waals surface area contributed by atoms with Gasteiger partial charge in [-0.15, -0.1) is 11.3 Å². The van der Waals surface area contributed by atoms with Crippen LogP contribution in [0.15, 0.2) is 11.4 Å². The van der Waals surface area contributed by atoms with Crippen molar-refractivity contribution in [1.82, 2.24) is 9.97 Å². The van der Waals surface area contributed by atoms with Gasteiger partial charge in [0.05, 0.1) is 24.7 Å². The molecule has 2 N–H and O–H groups in total. The first-order chi connectivity index (χ1) is 8.66. The fourth-order valence-corrected chi connectivity index (χ4v) is 2.29. The van der Waals surface area contributed by atoms with Gasteiger partial charge in [0, 0.05) is 0 Å². The Bertz CT molecular complexity index is 513. The summed E-state index contributed by atoms with van der Waals surface area (Å²) in [5, 5.41) is 2.86. The van der Waals surface area contributed by atoms with Crippen molar-refractivity contribution in [2.75, 3.05) is 18.9 Å². The summed E-state index contributed by atoms with van der Waals surface area (Å²) < 4.78 is 10.8. The zero-order valence-corrected chi connectivity index (χ0v) is 11.4. The minimum Gasteiger partial charge on any atom is -0.383 e. The molecular formula is C12H17N3O2S. The second kappa shape index (κ2) is 6.08. The van der Waals surface area contributed by atoms with Crippen molar-refractivity contribution in [3.05, 3.63) is 17.3 Å². The molecule has 0 atom stereocenters. The number of hydrogen-bond acceptors (Lipinski definition) is 6. The summed E-state index contributed by atoms with van der Waals surface area (Å²) in [6.45, 7) is 5.46. The average molecular weight is 267 g/mol. The third-order valence-corrected chi connectivity index (χ3v) is 3.12. The molecule has 0 aliphatic heterocycles. The Labute approximate surface area is 110 Å². The molecule has 0 aromatic carbocycles. The normalized spacial score (nSPS) is 11.5. The van der Waals surface area contributed by atoms with E-state index < -0.39 is 0 Å². The van der Waals surface area contributed by atoms with E-state index in [-0.39, 0.29) is 6.10 Å². The van der Waals surface area contributed by atoms with E-state index in [1.165, 1.54) is 0 Å². The molecular weight excluding hydrogens is 250 g/mol. The van der Waals surface area contributed by atoms with Crippen LogP contribution < -0.4 is 5.73 Å². The van der Waals surface area contributed by atoms with E-state index >= 15 is 0 Å². The van der Waals surface area contributed by atoms with Crippen LogP contribution in [-0.2, 0) is 16.1 Å². The zero-order valence-electron chi connectivity index (χ0n) is 10.5. The number of aromatic nitrogens is 2. The molecule has 2 aromatic rings. The first-order valence-electron chi connectivity index (χ1n) is 5.85. The van der Waals surface area contributed by atoms with Crippen LogP contribution in [0.5, 0.6) is 0 Å². The lowest BCUT2D eigenvalue weighted by atomic mass is 10.4. The molecule has 98 valence electrons. The van der Waals surface area contributed by atoms with Crippen molar-refractivity contribution in [1.29, 1.82) is 0 Å².